The number of fused-ring (bicyclic) bond motifs is 3. The molecule has 1 amide bonds. The first-order valence-corrected chi connectivity index (χ1v) is 10.2. The van der Waals surface area contributed by atoms with Crippen molar-refractivity contribution < 1.29 is 22.0 Å². The van der Waals surface area contributed by atoms with Gasteiger partial charge >= 0.3 is 0 Å². The van der Waals surface area contributed by atoms with Crippen molar-refractivity contribution in [1.29, 1.82) is 0 Å². The van der Waals surface area contributed by atoms with Crippen LogP contribution in [0, 0.1) is 25.5 Å². The van der Waals surface area contributed by atoms with Crippen LogP contribution in [0.15, 0.2) is 29.2 Å². The normalized spacial score (nSPS) is 14.0. The number of rotatable bonds is 3. The van der Waals surface area contributed by atoms with Crippen molar-refractivity contribution in [3.8, 4) is 0 Å². The number of hydrogen-bond acceptors (Lipinski definition) is 5. The number of primary sulfonamides is 1. The Morgan fingerprint density at radius 1 is 1.14 bits per heavy atom. The Morgan fingerprint density at radius 2 is 1.79 bits per heavy atom. The van der Waals surface area contributed by atoms with Crippen LogP contribution in [0.25, 0.3) is 11.0 Å². The fourth-order valence-corrected chi connectivity index (χ4v) is 4.02. The van der Waals surface area contributed by atoms with Gasteiger partial charge in [-0.15, -0.1) is 0 Å². The average molecular weight is 418 g/mol. The average Bonchev–Trinajstić information content (AvgIpc) is 2.94. The van der Waals surface area contributed by atoms with E-state index < -0.39 is 38.7 Å². The van der Waals surface area contributed by atoms with Crippen LogP contribution < -0.4 is 10.0 Å². The molecule has 0 saturated carbocycles. The number of aromatic nitrogens is 2. The van der Waals surface area contributed by atoms with Gasteiger partial charge in [0.2, 0.25) is 15.9 Å². The Hall–Kier alpha value is -2.98. The lowest BCUT2D eigenvalue weighted by atomic mass is 10.1. The number of nitrogens with zero attached hydrogens (tertiary/aromatic N) is 3. The third-order valence-corrected chi connectivity index (χ3v) is 5.82. The van der Waals surface area contributed by atoms with Crippen LogP contribution in [0.3, 0.4) is 0 Å². The maximum absolute atomic E-state index is 14.5. The van der Waals surface area contributed by atoms with E-state index in [9.17, 15) is 22.0 Å². The summed E-state index contributed by atoms with van der Waals surface area (Å²) in [6, 6.07) is 4.83. The molecule has 0 atom stereocenters. The number of halogens is 2. The molecule has 150 valence electrons. The first kappa shape index (κ1) is 19.3. The number of pyridine rings is 2. The molecule has 2 N–H and O–H groups in total. The molecular formula is C19H16F2N4O3S. The molecule has 0 aliphatic carbocycles. The Morgan fingerprint density at radius 3 is 2.41 bits per heavy atom. The molecule has 4 rings (SSSR count). The number of nitrogens with two attached hydrogens (primary N) is 1. The van der Waals surface area contributed by atoms with Gasteiger partial charge < -0.3 is 4.90 Å². The van der Waals surface area contributed by atoms with Crippen molar-refractivity contribution in [1.82, 2.24) is 9.97 Å². The highest BCUT2D eigenvalue weighted by Crippen LogP contribution is 2.38. The summed E-state index contributed by atoms with van der Waals surface area (Å²) in [6.07, 6.45) is 0.0521. The zero-order chi connectivity index (χ0) is 21.1. The quantitative estimate of drug-likeness (QED) is 0.702. The number of carbonyl (C=O) groups is 1. The molecule has 0 unspecified atom stereocenters. The number of sulfonamides is 1. The van der Waals surface area contributed by atoms with Crippen LogP contribution in [-0.4, -0.2) is 24.3 Å². The summed E-state index contributed by atoms with van der Waals surface area (Å²) in [5.74, 6) is -2.54. The fraction of sp³-hybridized carbons (Fsp3) is 0.211. The van der Waals surface area contributed by atoms with Crippen LogP contribution in [0.4, 0.5) is 14.5 Å². The Bertz CT molecular complexity index is 1290. The lowest BCUT2D eigenvalue weighted by Gasteiger charge is -2.20. The van der Waals surface area contributed by atoms with Gasteiger partial charge in [0, 0.05) is 27.9 Å². The zero-order valence-corrected chi connectivity index (χ0v) is 16.3. The fourth-order valence-electron chi connectivity index (χ4n) is 3.49. The summed E-state index contributed by atoms with van der Waals surface area (Å²) in [4.78, 5) is 22.1. The smallest absolute Gasteiger partial charge is 0.238 e. The van der Waals surface area contributed by atoms with E-state index in [1.165, 1.54) is 4.90 Å². The highest BCUT2D eigenvalue weighted by atomic mass is 32.2. The van der Waals surface area contributed by atoms with E-state index in [1.54, 1.807) is 19.1 Å². The maximum atomic E-state index is 14.5. The monoisotopic (exact) mass is 418 g/mol. The minimum Gasteiger partial charge on any atom is -0.306 e. The van der Waals surface area contributed by atoms with E-state index in [0.29, 0.717) is 40.1 Å². The Labute approximate surface area is 165 Å². The predicted octanol–water partition coefficient (Wildman–Crippen LogP) is 2.26. The molecule has 2 aromatic heterocycles. The molecule has 29 heavy (non-hydrogen) atoms. The summed E-state index contributed by atoms with van der Waals surface area (Å²) < 4.78 is 51.8. The predicted molar refractivity (Wildman–Crippen MR) is 102 cm³/mol. The number of benzene rings is 1. The second kappa shape index (κ2) is 6.53. The summed E-state index contributed by atoms with van der Waals surface area (Å²) in [7, 11) is -4.27. The maximum Gasteiger partial charge on any atom is 0.238 e. The number of aryl methyl sites for hydroxylation is 2. The van der Waals surface area contributed by atoms with Crippen LogP contribution in [0.2, 0.25) is 0 Å². The summed E-state index contributed by atoms with van der Waals surface area (Å²) in [5.41, 5.74) is 2.56. The lowest BCUT2D eigenvalue weighted by Crippen LogP contribution is -2.27. The Kier molecular flexibility index (Phi) is 4.35. The second-order valence-electron chi connectivity index (χ2n) is 6.92. The van der Waals surface area contributed by atoms with Gasteiger partial charge in [-0.1, -0.05) is 0 Å². The largest absolute Gasteiger partial charge is 0.306 e. The van der Waals surface area contributed by atoms with E-state index in [-0.39, 0.29) is 12.3 Å². The molecule has 3 heterocycles. The van der Waals surface area contributed by atoms with E-state index >= 15 is 0 Å². The standard InChI is InChI=1S/C19H16F2N4O3S/c1-9-3-4-12-18-13(10(2)24-19(12)23-9)7-17(26)25(18)8-14-15(20)5-11(6-16(14)21)29(22,27)28/h3-6H,7-8H2,1-2H3,(H2,22,27,28). The summed E-state index contributed by atoms with van der Waals surface area (Å²) in [6.45, 7) is 3.16. The molecule has 10 heteroatoms. The van der Waals surface area contributed by atoms with E-state index in [2.05, 4.69) is 9.97 Å². The third-order valence-electron chi connectivity index (χ3n) is 4.92. The third kappa shape index (κ3) is 3.23. The van der Waals surface area contributed by atoms with Gasteiger partial charge in [0.1, 0.15) is 11.6 Å². The zero-order valence-electron chi connectivity index (χ0n) is 15.5. The minimum absolute atomic E-state index is 0.0521. The van der Waals surface area contributed by atoms with Gasteiger partial charge in [-0.3, -0.25) is 4.79 Å². The molecule has 0 radical (unpaired) electrons. The van der Waals surface area contributed by atoms with Crippen LogP contribution in [0.1, 0.15) is 22.5 Å². The number of amides is 1. The number of anilines is 1. The molecule has 0 saturated heterocycles. The molecule has 0 spiro atoms. The van der Waals surface area contributed by atoms with Crippen LogP contribution >= 0.6 is 0 Å². The lowest BCUT2D eigenvalue weighted by molar-refractivity contribution is -0.117. The van der Waals surface area contributed by atoms with Gasteiger partial charge in [0.15, 0.2) is 5.65 Å². The molecule has 1 aromatic carbocycles. The molecule has 0 fully saturated rings. The van der Waals surface area contributed by atoms with E-state index in [4.69, 9.17) is 5.14 Å². The van der Waals surface area contributed by atoms with Gasteiger partial charge in [-0.25, -0.2) is 32.3 Å². The first-order chi connectivity index (χ1) is 13.6. The molecule has 0 bridgehead atoms. The van der Waals surface area contributed by atoms with Crippen LogP contribution in [-0.2, 0) is 27.8 Å². The topological polar surface area (TPSA) is 106 Å². The van der Waals surface area contributed by atoms with Crippen molar-refractivity contribution >= 4 is 32.7 Å². The van der Waals surface area contributed by atoms with E-state index in [1.807, 2.05) is 6.92 Å². The molecule has 7 nitrogen and oxygen atoms in total. The first-order valence-electron chi connectivity index (χ1n) is 8.64. The van der Waals surface area contributed by atoms with Crippen molar-refractivity contribution in [2.45, 2.75) is 31.7 Å². The highest BCUT2D eigenvalue weighted by Gasteiger charge is 2.33. The molecule has 1 aliphatic rings. The Balaban J connectivity index is 1.86. The minimum atomic E-state index is -4.27. The van der Waals surface area contributed by atoms with Crippen molar-refractivity contribution in [2.75, 3.05) is 4.90 Å². The SMILES string of the molecule is Cc1ccc2c3c(c(C)nc2n1)CC(=O)N3Cc1c(F)cc(S(N)(=O)=O)cc1F. The van der Waals surface area contributed by atoms with Crippen LogP contribution in [0.5, 0.6) is 0 Å². The van der Waals surface area contributed by atoms with Gasteiger partial charge in [0.25, 0.3) is 0 Å². The summed E-state index contributed by atoms with van der Waals surface area (Å²) >= 11 is 0. The number of hydrogen-bond donors (Lipinski definition) is 1. The summed E-state index contributed by atoms with van der Waals surface area (Å²) in [5, 5.41) is 5.55. The van der Waals surface area contributed by atoms with Gasteiger partial charge in [-0.05, 0) is 38.1 Å². The van der Waals surface area contributed by atoms with Gasteiger partial charge in [0.05, 0.1) is 23.5 Å². The molecular weight excluding hydrogens is 402 g/mol. The van der Waals surface area contributed by atoms with Crippen molar-refractivity contribution in [3.63, 3.8) is 0 Å². The number of carbonyl (C=O) groups excluding carboxylic acids is 1. The molecule has 3 aromatic rings. The van der Waals surface area contributed by atoms with E-state index in [0.717, 1.165) is 5.69 Å². The van der Waals surface area contributed by atoms with Gasteiger partial charge in [-0.2, -0.15) is 0 Å². The molecule has 1 aliphatic heterocycles. The second-order valence-corrected chi connectivity index (χ2v) is 8.48. The highest BCUT2D eigenvalue weighted by molar-refractivity contribution is 7.89. The van der Waals surface area contributed by atoms with Crippen molar-refractivity contribution in [3.05, 3.63) is 58.4 Å². The van der Waals surface area contributed by atoms with Crippen molar-refractivity contribution in [2.24, 2.45) is 5.14 Å².